The minimum absolute atomic E-state index is 0.0912. The van der Waals surface area contributed by atoms with Crippen LogP contribution in [0.25, 0.3) is 10.9 Å². The molecular formula is C18H17ClN4O. The van der Waals surface area contributed by atoms with Crippen molar-refractivity contribution in [3.63, 3.8) is 0 Å². The van der Waals surface area contributed by atoms with Gasteiger partial charge >= 0.3 is 0 Å². The first-order valence-corrected chi connectivity index (χ1v) is 7.90. The number of carbonyl (C=O) groups is 1. The number of benzene rings is 2. The van der Waals surface area contributed by atoms with E-state index in [0.29, 0.717) is 10.7 Å². The van der Waals surface area contributed by atoms with Gasteiger partial charge in [-0.3, -0.25) is 4.79 Å². The highest BCUT2D eigenvalue weighted by Gasteiger charge is 2.06. The van der Waals surface area contributed by atoms with Gasteiger partial charge in [0, 0.05) is 22.2 Å². The molecule has 1 aromatic heterocycles. The van der Waals surface area contributed by atoms with E-state index in [9.17, 15) is 4.79 Å². The summed E-state index contributed by atoms with van der Waals surface area (Å²) in [4.78, 5) is 15.2. The average molecular weight is 341 g/mol. The Morgan fingerprint density at radius 2 is 1.96 bits per heavy atom. The minimum Gasteiger partial charge on any atom is -0.375 e. The summed E-state index contributed by atoms with van der Waals surface area (Å²) >= 11 is 6.03. The molecule has 0 atom stereocenters. The smallest absolute Gasteiger partial charge is 0.259 e. The van der Waals surface area contributed by atoms with Gasteiger partial charge in [-0.25, -0.2) is 5.43 Å². The molecule has 0 bridgehead atoms. The molecule has 5 nitrogen and oxygen atoms in total. The van der Waals surface area contributed by atoms with E-state index >= 15 is 0 Å². The molecule has 1 amide bonds. The molecule has 3 rings (SSSR count). The Balaban J connectivity index is 1.60. The fourth-order valence-electron chi connectivity index (χ4n) is 2.45. The number of carbonyl (C=O) groups excluding carboxylic acids is 1. The molecule has 0 spiro atoms. The second kappa shape index (κ2) is 7.19. The van der Waals surface area contributed by atoms with Crippen molar-refractivity contribution in [2.24, 2.45) is 5.10 Å². The van der Waals surface area contributed by atoms with Gasteiger partial charge in [-0.05, 0) is 25.1 Å². The number of nitrogens with zero attached hydrogens (tertiary/aromatic N) is 1. The van der Waals surface area contributed by atoms with Crippen LogP contribution >= 0.6 is 11.6 Å². The molecule has 0 aliphatic rings. The van der Waals surface area contributed by atoms with E-state index in [4.69, 9.17) is 11.6 Å². The number of hydrogen-bond acceptors (Lipinski definition) is 3. The number of aromatic amines is 1. The predicted molar refractivity (Wildman–Crippen MR) is 98.7 cm³/mol. The maximum atomic E-state index is 11.9. The van der Waals surface area contributed by atoms with Crippen LogP contribution < -0.4 is 10.7 Å². The van der Waals surface area contributed by atoms with Gasteiger partial charge in [0.25, 0.3) is 5.91 Å². The van der Waals surface area contributed by atoms with E-state index in [2.05, 4.69) is 20.8 Å². The van der Waals surface area contributed by atoms with Crippen molar-refractivity contribution in [3.8, 4) is 0 Å². The Kier molecular flexibility index (Phi) is 4.82. The maximum Gasteiger partial charge on any atom is 0.259 e. The number of nitrogens with one attached hydrogen (secondary N) is 3. The highest BCUT2D eigenvalue weighted by molar-refractivity contribution is 6.33. The van der Waals surface area contributed by atoms with Gasteiger partial charge in [0.1, 0.15) is 0 Å². The predicted octanol–water partition coefficient (Wildman–Crippen LogP) is 3.69. The van der Waals surface area contributed by atoms with Crippen LogP contribution in [-0.2, 0) is 4.79 Å². The number of hydrogen-bond donors (Lipinski definition) is 3. The lowest BCUT2D eigenvalue weighted by molar-refractivity contribution is -0.119. The van der Waals surface area contributed by atoms with Gasteiger partial charge in [0.05, 0.1) is 23.5 Å². The average Bonchev–Trinajstić information content (AvgIpc) is 2.90. The lowest BCUT2D eigenvalue weighted by Gasteiger charge is -2.06. The van der Waals surface area contributed by atoms with Crippen molar-refractivity contribution < 1.29 is 4.79 Å². The zero-order valence-corrected chi connectivity index (χ0v) is 13.9. The Labute approximate surface area is 144 Å². The molecule has 0 aliphatic carbocycles. The molecule has 122 valence electrons. The van der Waals surface area contributed by atoms with Crippen molar-refractivity contribution in [3.05, 3.63) is 64.8 Å². The SMILES string of the molecule is Cc1[nH]c2ccccc2c1/C=N\NC(=O)CNc1ccccc1Cl. The standard InChI is InChI=1S/C18H17ClN4O/c1-12-14(13-6-2-4-8-16(13)22-12)10-21-23-18(24)11-20-17-9-5-3-7-15(17)19/h2-10,20,22H,11H2,1H3,(H,23,24)/b21-10-. The molecule has 6 heteroatoms. The Hall–Kier alpha value is -2.79. The Morgan fingerprint density at radius 3 is 2.79 bits per heavy atom. The van der Waals surface area contributed by atoms with Crippen molar-refractivity contribution in [2.45, 2.75) is 6.92 Å². The fraction of sp³-hybridized carbons (Fsp3) is 0.111. The van der Waals surface area contributed by atoms with Crippen LogP contribution in [0.5, 0.6) is 0 Å². The number of halogens is 1. The summed E-state index contributed by atoms with van der Waals surface area (Å²) in [6.45, 7) is 2.07. The van der Waals surface area contributed by atoms with Gasteiger partial charge in [0.15, 0.2) is 0 Å². The highest BCUT2D eigenvalue weighted by atomic mass is 35.5. The van der Waals surface area contributed by atoms with Gasteiger partial charge in [-0.1, -0.05) is 41.9 Å². The summed E-state index contributed by atoms with van der Waals surface area (Å²) in [6, 6.07) is 15.2. The Bertz CT molecular complexity index is 901. The number of aromatic nitrogens is 1. The number of para-hydroxylation sites is 2. The number of amides is 1. The van der Waals surface area contributed by atoms with Crippen molar-refractivity contribution in [1.82, 2.24) is 10.4 Å². The second-order valence-electron chi connectivity index (χ2n) is 5.34. The summed E-state index contributed by atoms with van der Waals surface area (Å²) < 4.78 is 0. The monoisotopic (exact) mass is 340 g/mol. The number of H-pyrrole nitrogens is 1. The lowest BCUT2D eigenvalue weighted by atomic mass is 10.1. The van der Waals surface area contributed by atoms with Crippen LogP contribution in [0.2, 0.25) is 5.02 Å². The number of hydrazone groups is 1. The zero-order valence-electron chi connectivity index (χ0n) is 13.1. The van der Waals surface area contributed by atoms with E-state index in [1.165, 1.54) is 0 Å². The molecule has 1 heterocycles. The largest absolute Gasteiger partial charge is 0.375 e. The summed E-state index contributed by atoms with van der Waals surface area (Å²) in [7, 11) is 0. The number of aryl methyl sites for hydroxylation is 1. The van der Waals surface area contributed by atoms with E-state index in [0.717, 1.165) is 22.2 Å². The van der Waals surface area contributed by atoms with Gasteiger partial charge < -0.3 is 10.3 Å². The molecule has 0 saturated heterocycles. The third kappa shape index (κ3) is 3.58. The Morgan fingerprint density at radius 1 is 1.21 bits per heavy atom. The zero-order chi connectivity index (χ0) is 16.9. The third-order valence-electron chi connectivity index (χ3n) is 3.64. The van der Waals surface area contributed by atoms with Crippen LogP contribution in [-0.4, -0.2) is 23.7 Å². The fourth-order valence-corrected chi connectivity index (χ4v) is 2.66. The topological polar surface area (TPSA) is 69.3 Å². The van der Waals surface area contributed by atoms with Crippen molar-refractivity contribution in [2.75, 3.05) is 11.9 Å². The molecule has 0 radical (unpaired) electrons. The molecular weight excluding hydrogens is 324 g/mol. The number of fused-ring (bicyclic) bond motifs is 1. The molecule has 0 saturated carbocycles. The lowest BCUT2D eigenvalue weighted by Crippen LogP contribution is -2.26. The number of anilines is 1. The van der Waals surface area contributed by atoms with Crippen LogP contribution in [0.4, 0.5) is 5.69 Å². The third-order valence-corrected chi connectivity index (χ3v) is 3.97. The van der Waals surface area contributed by atoms with Crippen LogP contribution in [0.1, 0.15) is 11.3 Å². The van der Waals surface area contributed by atoms with Gasteiger partial charge in [-0.15, -0.1) is 0 Å². The van der Waals surface area contributed by atoms with Gasteiger partial charge in [-0.2, -0.15) is 5.10 Å². The first-order valence-electron chi connectivity index (χ1n) is 7.53. The molecule has 3 aromatic rings. The quantitative estimate of drug-likeness (QED) is 0.489. The van der Waals surface area contributed by atoms with E-state index in [1.807, 2.05) is 49.4 Å². The summed E-state index contributed by atoms with van der Waals surface area (Å²) in [5.74, 6) is -0.247. The van der Waals surface area contributed by atoms with Crippen LogP contribution in [0, 0.1) is 6.92 Å². The van der Waals surface area contributed by atoms with Gasteiger partial charge in [0.2, 0.25) is 0 Å². The minimum atomic E-state index is -0.247. The molecule has 2 aromatic carbocycles. The van der Waals surface area contributed by atoms with Crippen LogP contribution in [0.15, 0.2) is 53.6 Å². The van der Waals surface area contributed by atoms with Crippen LogP contribution in [0.3, 0.4) is 0 Å². The molecule has 0 fully saturated rings. The van der Waals surface area contributed by atoms with E-state index in [-0.39, 0.29) is 12.5 Å². The molecule has 24 heavy (non-hydrogen) atoms. The summed E-state index contributed by atoms with van der Waals surface area (Å²) in [6.07, 6.45) is 1.65. The molecule has 3 N–H and O–H groups in total. The van der Waals surface area contributed by atoms with E-state index < -0.39 is 0 Å². The highest BCUT2D eigenvalue weighted by Crippen LogP contribution is 2.20. The normalized spacial score (nSPS) is 11.1. The summed E-state index contributed by atoms with van der Waals surface area (Å²) in [5.41, 5.74) is 6.24. The maximum absolute atomic E-state index is 11.9. The second-order valence-corrected chi connectivity index (χ2v) is 5.74. The first kappa shape index (κ1) is 16.1. The van der Waals surface area contributed by atoms with E-state index in [1.54, 1.807) is 12.3 Å². The molecule has 0 aliphatic heterocycles. The summed E-state index contributed by atoms with van der Waals surface area (Å²) in [5, 5.41) is 8.66. The van der Waals surface area contributed by atoms with Crippen molar-refractivity contribution in [1.29, 1.82) is 0 Å². The first-order chi connectivity index (χ1) is 11.6. The number of rotatable bonds is 5. The molecule has 0 unspecified atom stereocenters. The van der Waals surface area contributed by atoms with Crippen molar-refractivity contribution >= 4 is 40.3 Å².